The number of cyclic esters (lactones) is 1. The quantitative estimate of drug-likeness (QED) is 0.529. The predicted octanol–water partition coefficient (Wildman–Crippen LogP) is 2.98. The molecule has 0 saturated carbocycles. The first-order valence-electron chi connectivity index (χ1n) is 12.0. The van der Waals surface area contributed by atoms with Gasteiger partial charge in [-0.2, -0.15) is 5.26 Å². The molecule has 0 bridgehead atoms. The number of hydrogen-bond donors (Lipinski definition) is 1. The first-order chi connectivity index (χ1) is 16.6. The Kier molecular flexibility index (Phi) is 5.60. The van der Waals surface area contributed by atoms with Crippen molar-refractivity contribution in [1.82, 2.24) is 9.88 Å². The molecule has 1 aromatic heterocycles. The standard InChI is InChI=1S/C27H31N5O3/c1-26(2)16-27(24(33)35-26)10-5-11-32(17-27)15-19-7-6-18(14-28)12-20(13-19)21-8-9-22-23(29-21)31(4)25(34)30(22)3/h6-9,13,25,34H,5,10-11,15-17H2,1-4H3. The van der Waals surface area contributed by atoms with Crippen LogP contribution in [0.1, 0.15) is 38.8 Å². The molecule has 2 unspecified atom stereocenters. The summed E-state index contributed by atoms with van der Waals surface area (Å²) in [5.41, 5.74) is 6.03. The Bertz CT molecular complexity index is 1250. The van der Waals surface area contributed by atoms with E-state index in [4.69, 9.17) is 9.72 Å². The summed E-state index contributed by atoms with van der Waals surface area (Å²) < 4.78 is 5.68. The van der Waals surface area contributed by atoms with Gasteiger partial charge in [0.25, 0.3) is 0 Å². The number of aromatic nitrogens is 1. The summed E-state index contributed by atoms with van der Waals surface area (Å²) in [6, 6.07) is 6.02. The van der Waals surface area contributed by atoms with Crippen LogP contribution >= 0.6 is 0 Å². The zero-order valence-electron chi connectivity index (χ0n) is 20.7. The van der Waals surface area contributed by atoms with Crippen molar-refractivity contribution in [3.8, 4) is 6.07 Å². The van der Waals surface area contributed by atoms with Gasteiger partial charge in [0.05, 0.1) is 22.4 Å². The lowest BCUT2D eigenvalue weighted by molar-refractivity contribution is -0.154. The van der Waals surface area contributed by atoms with E-state index in [2.05, 4.69) is 16.7 Å². The van der Waals surface area contributed by atoms with Crippen molar-refractivity contribution in [2.75, 3.05) is 43.5 Å². The smallest absolute Gasteiger partial charge is 0.314 e. The van der Waals surface area contributed by atoms with Crippen molar-refractivity contribution >= 4 is 23.0 Å². The first-order valence-corrected chi connectivity index (χ1v) is 12.0. The second-order valence-electron chi connectivity index (χ2n) is 10.6. The Morgan fingerprint density at radius 2 is 2.09 bits per heavy atom. The molecular weight excluding hydrogens is 442 g/mol. The van der Waals surface area contributed by atoms with Crippen LogP contribution in [0.5, 0.6) is 0 Å². The number of nitrogens with zero attached hydrogens (tertiary/aromatic N) is 5. The number of carbonyl (C=O) groups excluding carboxylic acids is 1. The van der Waals surface area contributed by atoms with Crippen LogP contribution in [0.15, 0.2) is 47.2 Å². The molecule has 1 aromatic rings. The fourth-order valence-electron chi connectivity index (χ4n) is 5.78. The van der Waals surface area contributed by atoms with Crippen LogP contribution in [0.25, 0.3) is 5.57 Å². The van der Waals surface area contributed by atoms with E-state index < -0.39 is 17.4 Å². The summed E-state index contributed by atoms with van der Waals surface area (Å²) in [5.74, 6) is 0.600. The van der Waals surface area contributed by atoms with Gasteiger partial charge in [0.15, 0.2) is 5.82 Å². The fraction of sp³-hybridized carbons (Fsp3) is 0.481. The van der Waals surface area contributed by atoms with Gasteiger partial charge < -0.3 is 19.6 Å². The Labute approximate surface area is 206 Å². The molecule has 2 fully saturated rings. The maximum atomic E-state index is 12.8. The van der Waals surface area contributed by atoms with E-state index in [1.165, 1.54) is 0 Å². The van der Waals surface area contributed by atoms with E-state index in [0.29, 0.717) is 30.2 Å². The minimum Gasteiger partial charge on any atom is -0.459 e. The molecular formula is C27H31N5O3. The minimum atomic E-state index is -0.771. The number of aliphatic hydroxyl groups excluding tert-OH is 1. The van der Waals surface area contributed by atoms with Gasteiger partial charge in [0.2, 0.25) is 6.35 Å². The molecule has 8 nitrogen and oxygen atoms in total. The summed E-state index contributed by atoms with van der Waals surface area (Å²) in [7, 11) is 3.62. The van der Waals surface area contributed by atoms with Crippen molar-refractivity contribution < 1.29 is 14.6 Å². The molecule has 1 aliphatic carbocycles. The van der Waals surface area contributed by atoms with Gasteiger partial charge in [-0.25, -0.2) is 4.98 Å². The molecule has 1 N–H and O–H groups in total. The normalized spacial score (nSPS) is 27.7. The average molecular weight is 474 g/mol. The molecule has 3 aliphatic heterocycles. The number of fused-ring (bicyclic) bond motifs is 1. The molecule has 2 atom stereocenters. The number of piperidine rings is 1. The summed E-state index contributed by atoms with van der Waals surface area (Å²) in [5, 5.41) is 20.0. The number of aliphatic hydroxyl groups is 1. The second kappa shape index (κ2) is 8.39. The number of ether oxygens (including phenoxy) is 1. The SMILES string of the molecule is CN1c2ccc(C3=C=C(C#N)C=CC(CN4CCCC5(C4)CC(C)(C)OC5=O)=C3)nc2N(C)C1O. The van der Waals surface area contributed by atoms with E-state index in [-0.39, 0.29) is 5.97 Å². The number of esters is 1. The third kappa shape index (κ3) is 4.17. The van der Waals surface area contributed by atoms with Crippen molar-refractivity contribution in [3.63, 3.8) is 0 Å². The van der Waals surface area contributed by atoms with Crippen molar-refractivity contribution in [1.29, 1.82) is 5.26 Å². The fourth-order valence-corrected chi connectivity index (χ4v) is 5.78. The number of likely N-dealkylation sites (tertiary alicyclic amines) is 1. The van der Waals surface area contributed by atoms with Crippen LogP contribution in [-0.4, -0.2) is 66.6 Å². The van der Waals surface area contributed by atoms with E-state index in [1.807, 2.05) is 45.2 Å². The molecule has 0 amide bonds. The van der Waals surface area contributed by atoms with Crippen molar-refractivity contribution in [2.24, 2.45) is 5.41 Å². The maximum Gasteiger partial charge on any atom is 0.314 e. The zero-order chi connectivity index (χ0) is 25.0. The summed E-state index contributed by atoms with van der Waals surface area (Å²) in [6.45, 7) is 6.20. The highest BCUT2D eigenvalue weighted by atomic mass is 16.6. The number of allylic oxidation sites excluding steroid dienone is 3. The minimum absolute atomic E-state index is 0.0785. The van der Waals surface area contributed by atoms with Crippen LogP contribution in [-0.2, 0) is 9.53 Å². The molecule has 0 aromatic carbocycles. The van der Waals surface area contributed by atoms with Crippen LogP contribution in [0.3, 0.4) is 0 Å². The van der Waals surface area contributed by atoms with E-state index >= 15 is 0 Å². The average Bonchev–Trinajstić information content (AvgIpc) is 3.06. The van der Waals surface area contributed by atoms with Crippen LogP contribution in [0.2, 0.25) is 0 Å². The summed E-state index contributed by atoms with van der Waals surface area (Å²) in [6.07, 6.45) is 7.52. The van der Waals surface area contributed by atoms with Gasteiger partial charge in [0.1, 0.15) is 11.7 Å². The highest BCUT2D eigenvalue weighted by molar-refractivity contribution is 5.81. The molecule has 8 heteroatoms. The van der Waals surface area contributed by atoms with E-state index in [9.17, 15) is 15.2 Å². The van der Waals surface area contributed by atoms with Crippen LogP contribution in [0.4, 0.5) is 11.5 Å². The predicted molar refractivity (Wildman–Crippen MR) is 133 cm³/mol. The van der Waals surface area contributed by atoms with Gasteiger partial charge in [0, 0.05) is 39.2 Å². The van der Waals surface area contributed by atoms with Crippen molar-refractivity contribution in [3.05, 3.63) is 52.9 Å². The van der Waals surface area contributed by atoms with Gasteiger partial charge in [-0.15, -0.1) is 0 Å². The zero-order valence-corrected chi connectivity index (χ0v) is 20.7. The van der Waals surface area contributed by atoms with Gasteiger partial charge in [-0.1, -0.05) is 11.8 Å². The number of hydrogen-bond acceptors (Lipinski definition) is 8. The third-order valence-electron chi connectivity index (χ3n) is 7.35. The number of rotatable bonds is 3. The highest BCUT2D eigenvalue weighted by Crippen LogP contribution is 2.46. The highest BCUT2D eigenvalue weighted by Gasteiger charge is 2.54. The number of carbonyl (C=O) groups is 1. The number of anilines is 2. The lowest BCUT2D eigenvalue weighted by Crippen LogP contribution is -2.46. The van der Waals surface area contributed by atoms with Gasteiger partial charge in [-0.3, -0.25) is 9.69 Å². The van der Waals surface area contributed by atoms with Crippen LogP contribution in [0, 0.1) is 16.7 Å². The van der Waals surface area contributed by atoms with Gasteiger partial charge in [-0.05, 0) is 63.1 Å². The number of pyridine rings is 1. The lowest BCUT2D eigenvalue weighted by Gasteiger charge is -2.38. The molecule has 5 rings (SSSR count). The molecule has 1 spiro atoms. The molecule has 4 heterocycles. The van der Waals surface area contributed by atoms with Gasteiger partial charge >= 0.3 is 5.97 Å². The van der Waals surface area contributed by atoms with Crippen LogP contribution < -0.4 is 9.80 Å². The third-order valence-corrected chi connectivity index (χ3v) is 7.35. The van der Waals surface area contributed by atoms with E-state index in [1.54, 1.807) is 22.9 Å². The Balaban J connectivity index is 1.42. The number of nitriles is 1. The largest absolute Gasteiger partial charge is 0.459 e. The molecule has 182 valence electrons. The van der Waals surface area contributed by atoms with E-state index in [0.717, 1.165) is 42.6 Å². The Hall–Kier alpha value is -3.37. The first kappa shape index (κ1) is 23.4. The Morgan fingerprint density at radius 1 is 1.29 bits per heavy atom. The molecule has 4 aliphatic rings. The van der Waals surface area contributed by atoms with Crippen molar-refractivity contribution in [2.45, 2.75) is 45.1 Å². The molecule has 0 radical (unpaired) electrons. The topological polar surface area (TPSA) is 92.9 Å². The lowest BCUT2D eigenvalue weighted by atomic mass is 9.75. The molecule has 35 heavy (non-hydrogen) atoms. The summed E-state index contributed by atoms with van der Waals surface area (Å²) in [4.78, 5) is 23.4. The monoisotopic (exact) mass is 473 g/mol. The Morgan fingerprint density at radius 3 is 2.80 bits per heavy atom. The second-order valence-corrected chi connectivity index (χ2v) is 10.6. The maximum absolute atomic E-state index is 12.8. The molecule has 2 saturated heterocycles. The summed E-state index contributed by atoms with van der Waals surface area (Å²) >= 11 is 0.